The number of ether oxygens (including phenoxy) is 1. The Labute approximate surface area is 228 Å². The molecule has 1 aromatic heterocycles. The third kappa shape index (κ3) is 5.61. The summed E-state index contributed by atoms with van der Waals surface area (Å²) in [6.45, 7) is 4.12. The highest BCUT2D eigenvalue weighted by Crippen LogP contribution is 2.37. The molecule has 1 fully saturated rings. The van der Waals surface area contributed by atoms with Gasteiger partial charge in [0.05, 0.1) is 30.1 Å². The Bertz CT molecular complexity index is 1580. The van der Waals surface area contributed by atoms with E-state index in [1.165, 1.54) is 36.2 Å². The predicted octanol–water partition coefficient (Wildman–Crippen LogP) is 6.14. The fourth-order valence-electron chi connectivity index (χ4n) is 4.97. The van der Waals surface area contributed by atoms with Crippen LogP contribution in [-0.2, 0) is 17.5 Å². The average Bonchev–Trinajstić information content (AvgIpc) is 3.35. The molecule has 0 saturated carbocycles. The average molecular weight is 553 g/mol. The van der Waals surface area contributed by atoms with Crippen molar-refractivity contribution in [1.29, 1.82) is 10.8 Å². The van der Waals surface area contributed by atoms with E-state index in [4.69, 9.17) is 15.6 Å². The first-order valence-electron chi connectivity index (χ1n) is 12.7. The van der Waals surface area contributed by atoms with Crippen LogP contribution in [-0.4, -0.2) is 64.8 Å². The number of aromatic amines is 1. The number of amidine groups is 1. The Morgan fingerprint density at radius 1 is 1.18 bits per heavy atom. The predicted molar refractivity (Wildman–Crippen MR) is 146 cm³/mol. The van der Waals surface area contributed by atoms with E-state index in [1.54, 1.807) is 30.3 Å². The molecule has 1 atom stereocenters. The maximum Gasteiger partial charge on any atom is 0.418 e. The van der Waals surface area contributed by atoms with E-state index < -0.39 is 17.6 Å². The van der Waals surface area contributed by atoms with E-state index >= 15 is 0 Å². The molecule has 0 amide bonds. The highest BCUT2D eigenvalue weighted by molar-refractivity contribution is 6.06. The van der Waals surface area contributed by atoms with Gasteiger partial charge in [-0.15, -0.1) is 0 Å². The van der Waals surface area contributed by atoms with Gasteiger partial charge < -0.3 is 14.6 Å². The molecule has 4 aromatic rings. The third-order valence-electron chi connectivity index (χ3n) is 6.91. The van der Waals surface area contributed by atoms with Crippen LogP contribution in [0.25, 0.3) is 33.5 Å². The van der Waals surface area contributed by atoms with E-state index in [9.17, 15) is 17.6 Å². The molecule has 3 aromatic carbocycles. The van der Waals surface area contributed by atoms with E-state index in [-0.39, 0.29) is 34.4 Å². The van der Waals surface area contributed by atoms with Crippen molar-refractivity contribution in [3.8, 4) is 22.5 Å². The fourth-order valence-corrected chi connectivity index (χ4v) is 4.97. The van der Waals surface area contributed by atoms with Crippen molar-refractivity contribution in [2.45, 2.75) is 25.7 Å². The first-order valence-corrected chi connectivity index (χ1v) is 12.7. The van der Waals surface area contributed by atoms with Gasteiger partial charge in [0, 0.05) is 37.8 Å². The molecule has 0 radical (unpaired) electrons. The molecular weight excluding hydrogens is 524 g/mol. The van der Waals surface area contributed by atoms with E-state index in [0.717, 1.165) is 6.34 Å². The van der Waals surface area contributed by atoms with Gasteiger partial charge in [0.2, 0.25) is 0 Å². The maximum atomic E-state index is 14.1. The monoisotopic (exact) mass is 552 g/mol. The molecule has 0 spiro atoms. The molecular formula is C29H28F4N6O. The summed E-state index contributed by atoms with van der Waals surface area (Å²) in [5, 5.41) is 15.8. The highest BCUT2D eigenvalue weighted by atomic mass is 19.4. The first-order chi connectivity index (χ1) is 19.0. The minimum atomic E-state index is -4.59. The summed E-state index contributed by atoms with van der Waals surface area (Å²) in [5.41, 5.74) is 1.81. The lowest BCUT2D eigenvalue weighted by Gasteiger charge is -2.31. The third-order valence-corrected chi connectivity index (χ3v) is 6.91. The van der Waals surface area contributed by atoms with Crippen molar-refractivity contribution in [3.63, 3.8) is 0 Å². The lowest BCUT2D eigenvalue weighted by molar-refractivity contribution is -0.136. The normalized spacial score (nSPS) is 16.3. The van der Waals surface area contributed by atoms with Crippen molar-refractivity contribution in [2.24, 2.45) is 0 Å². The quantitative estimate of drug-likeness (QED) is 0.152. The number of morpholine rings is 1. The van der Waals surface area contributed by atoms with Gasteiger partial charge in [-0.2, -0.15) is 13.2 Å². The minimum absolute atomic E-state index is 0.0152. The van der Waals surface area contributed by atoms with Crippen LogP contribution in [0.3, 0.4) is 0 Å². The summed E-state index contributed by atoms with van der Waals surface area (Å²) < 4.78 is 62.0. The zero-order valence-electron chi connectivity index (χ0n) is 21.9. The van der Waals surface area contributed by atoms with Crippen molar-refractivity contribution < 1.29 is 22.3 Å². The molecule has 0 bridgehead atoms. The van der Waals surface area contributed by atoms with E-state index in [0.29, 0.717) is 48.5 Å². The van der Waals surface area contributed by atoms with Crippen LogP contribution >= 0.6 is 0 Å². The molecule has 208 valence electrons. The van der Waals surface area contributed by atoms with Gasteiger partial charge in [0.15, 0.2) is 0 Å². The first kappa shape index (κ1) is 27.5. The Hall–Kier alpha value is -4.09. The Morgan fingerprint density at radius 2 is 1.95 bits per heavy atom. The van der Waals surface area contributed by atoms with Gasteiger partial charge in [0.25, 0.3) is 0 Å². The van der Waals surface area contributed by atoms with E-state index in [1.807, 2.05) is 6.92 Å². The number of alkyl halides is 3. The van der Waals surface area contributed by atoms with Crippen molar-refractivity contribution >= 4 is 23.2 Å². The van der Waals surface area contributed by atoms with Gasteiger partial charge in [-0.3, -0.25) is 15.7 Å². The van der Waals surface area contributed by atoms with Crippen LogP contribution in [0.4, 0.5) is 17.6 Å². The number of nitrogens with one attached hydrogen (secondary N) is 3. The lowest BCUT2D eigenvalue weighted by atomic mass is 9.97. The van der Waals surface area contributed by atoms with Gasteiger partial charge in [-0.1, -0.05) is 24.3 Å². The van der Waals surface area contributed by atoms with Crippen molar-refractivity contribution in [3.05, 3.63) is 77.1 Å². The number of imidazole rings is 1. The van der Waals surface area contributed by atoms with Crippen LogP contribution in [0, 0.1) is 16.6 Å². The second kappa shape index (κ2) is 10.8. The zero-order chi connectivity index (χ0) is 28.6. The number of H-pyrrole nitrogens is 1. The molecule has 1 saturated heterocycles. The number of benzene rings is 3. The molecule has 7 nitrogen and oxygen atoms in total. The summed E-state index contributed by atoms with van der Waals surface area (Å²) in [4.78, 5) is 10.7. The lowest BCUT2D eigenvalue weighted by Crippen LogP contribution is -2.40. The smallest absolute Gasteiger partial charge is 0.376 e. The summed E-state index contributed by atoms with van der Waals surface area (Å²) in [6.07, 6.45) is -3.62. The summed E-state index contributed by atoms with van der Waals surface area (Å²) in [5.74, 6) is -0.345. The van der Waals surface area contributed by atoms with Crippen LogP contribution in [0.5, 0.6) is 0 Å². The number of aromatic nitrogens is 2. The molecule has 5 rings (SSSR count). The number of fused-ring (bicyclic) bond motifs is 1. The molecule has 0 aliphatic carbocycles. The SMILES string of the molecule is CC1CN(Cc2cc(C(F)(F)F)c3nc(-c4cccc(-c5ccc(F)cc5C(=N)N(C)C=N)c4)[nH]c3c2)CCO1. The number of rotatable bonds is 6. The molecule has 3 N–H and O–H groups in total. The summed E-state index contributed by atoms with van der Waals surface area (Å²) >= 11 is 0. The van der Waals surface area contributed by atoms with Crippen LogP contribution in [0.1, 0.15) is 23.6 Å². The largest absolute Gasteiger partial charge is 0.418 e. The zero-order valence-corrected chi connectivity index (χ0v) is 21.9. The van der Waals surface area contributed by atoms with Crippen molar-refractivity contribution in [2.75, 3.05) is 26.7 Å². The van der Waals surface area contributed by atoms with Gasteiger partial charge >= 0.3 is 6.18 Å². The number of nitrogens with zero attached hydrogens (tertiary/aromatic N) is 3. The highest BCUT2D eigenvalue weighted by Gasteiger charge is 2.35. The Kier molecular flexibility index (Phi) is 7.43. The summed E-state index contributed by atoms with van der Waals surface area (Å²) in [7, 11) is 1.51. The van der Waals surface area contributed by atoms with Crippen molar-refractivity contribution in [1.82, 2.24) is 19.8 Å². The second-order valence-corrected chi connectivity index (χ2v) is 9.90. The second-order valence-electron chi connectivity index (χ2n) is 9.90. The van der Waals surface area contributed by atoms with E-state index in [2.05, 4.69) is 14.9 Å². The molecule has 1 aliphatic rings. The summed E-state index contributed by atoms with van der Waals surface area (Å²) in [6, 6.07) is 13.9. The molecule has 1 aliphatic heterocycles. The van der Waals surface area contributed by atoms with Gasteiger partial charge in [-0.25, -0.2) is 9.37 Å². The topological polar surface area (TPSA) is 92.1 Å². The minimum Gasteiger partial charge on any atom is -0.376 e. The molecule has 40 heavy (non-hydrogen) atoms. The molecule has 1 unspecified atom stereocenters. The maximum absolute atomic E-state index is 14.1. The number of halogens is 4. The number of hydrogen-bond donors (Lipinski definition) is 3. The van der Waals surface area contributed by atoms with Crippen LogP contribution < -0.4 is 0 Å². The molecule has 11 heteroatoms. The Balaban J connectivity index is 1.55. The molecule has 2 heterocycles. The standard InChI is InChI=1S/C29H28F4N6O/c1-17-14-39(8-9-40-17)15-18-10-24(29(31,32)33)26-25(11-18)36-28(37-26)20-5-3-4-19(12-20)22-7-6-21(30)13-23(22)27(35)38(2)16-34/h3-7,10-13,16-17,34-35H,8-9,14-15H2,1-2H3,(H,36,37). The fraction of sp³-hybridized carbons (Fsp3) is 0.276. The Morgan fingerprint density at radius 3 is 2.67 bits per heavy atom. The van der Waals surface area contributed by atoms with Crippen LogP contribution in [0.15, 0.2) is 54.6 Å². The van der Waals surface area contributed by atoms with Crippen LogP contribution in [0.2, 0.25) is 0 Å². The van der Waals surface area contributed by atoms with Gasteiger partial charge in [0.1, 0.15) is 23.0 Å². The number of hydrogen-bond acceptors (Lipinski definition) is 5. The van der Waals surface area contributed by atoms with Gasteiger partial charge in [-0.05, 0) is 53.9 Å².